The summed E-state index contributed by atoms with van der Waals surface area (Å²) in [5, 5.41) is 153. The fourth-order valence-corrected chi connectivity index (χ4v) is 11.4. The van der Waals surface area contributed by atoms with Crippen molar-refractivity contribution in [2.45, 2.75) is 161 Å². The van der Waals surface area contributed by atoms with Gasteiger partial charge >= 0.3 is 29.8 Å². The van der Waals surface area contributed by atoms with Crippen LogP contribution < -0.4 is 14.2 Å². The molecule has 0 radical (unpaired) electrons. The number of aromatic hydroxyl groups is 2. The Morgan fingerprint density at radius 1 is 0.485 bits per heavy atom. The smallest absolute Gasteiger partial charge is 0.338 e. The highest BCUT2D eigenvalue weighted by molar-refractivity contribution is 5.90. The van der Waals surface area contributed by atoms with Gasteiger partial charge in [0, 0.05) is 25.2 Å². The number of aliphatic hydroxyl groups excluding tert-OH is 12. The maximum atomic E-state index is 14.7. The maximum Gasteiger partial charge on any atom is 0.338 e. The van der Waals surface area contributed by atoms with Crippen molar-refractivity contribution in [3.63, 3.8) is 0 Å². The van der Waals surface area contributed by atoms with Gasteiger partial charge in [-0.2, -0.15) is 0 Å². The standard InChI is InChI=1S/C68H80O35/c1-31-49(77)53(81)56(84)64(93-31)94-39-20-13-35(25-41(39)89-4)16-23-48(76)98-59-45(29-90-32(2)71)97-67(103-68(30-92-47(75)21-14-33-10-17-37(72)18-11-33)62(52(80)43(27-70)102-68)101-63(87)36-8-6-5-7-9-36)61(100-65-57(85)54(82)50(78)42(26-69)95-65)60(59)99-66-58(86)55(83)51(79)44(96-66)28-91-46(74)22-15-34-12-19-38(73)40(24-34)88-3/h5-25,31,42-45,49-62,64-67,69-70,72-73,77-86H,26-30H2,1-4H3/t31-,42+,43+,44+,45+,49-,50+,51+,52+,53+,54-,55-,56+,57+,58+,59+,60-,61+,62-,64+,65-,66-,67+,68-/m0/s1. The molecule has 24 atom stereocenters. The minimum atomic E-state index is -3.00. The number of carbonyl (C=O) groups is 5. The first-order chi connectivity index (χ1) is 49.2. The summed E-state index contributed by atoms with van der Waals surface area (Å²) in [5.74, 6) is -9.22. The van der Waals surface area contributed by atoms with E-state index < -0.39 is 210 Å². The Balaban J connectivity index is 1.14. The Kier molecular flexibility index (Phi) is 27.1. The van der Waals surface area contributed by atoms with Crippen LogP contribution in [0.3, 0.4) is 0 Å². The number of carbonyl (C=O) groups excluding carboxylic acids is 5. The lowest BCUT2D eigenvalue weighted by Gasteiger charge is -2.50. The van der Waals surface area contributed by atoms with Gasteiger partial charge in [0.25, 0.3) is 0 Å². The first kappa shape index (κ1) is 78.8. The first-order valence-corrected chi connectivity index (χ1v) is 32.0. The average molecular weight is 1460 g/mol. The summed E-state index contributed by atoms with van der Waals surface area (Å²) in [6, 6.07) is 20.7. The van der Waals surface area contributed by atoms with Crippen molar-refractivity contribution in [1.82, 2.24) is 0 Å². The molecular weight excluding hydrogens is 1380 g/mol. The van der Waals surface area contributed by atoms with E-state index in [2.05, 4.69) is 0 Å². The summed E-state index contributed by atoms with van der Waals surface area (Å²) in [6.45, 7) is -3.04. The Bertz CT molecular complexity index is 3590. The van der Waals surface area contributed by atoms with E-state index in [9.17, 15) is 95.5 Å². The zero-order valence-corrected chi connectivity index (χ0v) is 55.3. The summed E-state index contributed by atoms with van der Waals surface area (Å²) in [6.07, 6.45) is -40.7. The molecule has 0 bridgehead atoms. The van der Waals surface area contributed by atoms with Crippen molar-refractivity contribution < 1.29 is 171 Å². The van der Waals surface area contributed by atoms with E-state index >= 15 is 0 Å². The molecule has 4 aromatic rings. The van der Waals surface area contributed by atoms with E-state index in [-0.39, 0.29) is 39.9 Å². The van der Waals surface area contributed by atoms with Crippen LogP contribution >= 0.6 is 0 Å². The highest BCUT2D eigenvalue weighted by Crippen LogP contribution is 2.43. The largest absolute Gasteiger partial charge is 0.508 e. The number of esters is 5. The Hall–Kier alpha value is -8.35. The molecule has 5 aliphatic rings. The molecule has 5 fully saturated rings. The van der Waals surface area contributed by atoms with Gasteiger partial charge < -0.3 is 147 Å². The number of benzene rings is 4. The molecule has 562 valence electrons. The maximum absolute atomic E-state index is 14.7. The molecule has 0 amide bonds. The lowest BCUT2D eigenvalue weighted by atomic mass is 9.95. The third kappa shape index (κ3) is 19.2. The molecule has 0 aromatic heterocycles. The van der Waals surface area contributed by atoms with E-state index in [1.807, 2.05) is 0 Å². The van der Waals surface area contributed by atoms with Crippen LogP contribution in [-0.4, -0.2) is 296 Å². The SMILES string of the molecule is COc1cc(C=CC(=O)OC[C@H]2O[C@@H](O[C@@H]3[C@@H](O[C@@H]4O[C@H](CO)[C@@H](O)[C@H](O)[C@H]4O)[C@@H](O[C@]4(COC(=O)C=Cc5ccc(O)cc5)O[C@H](CO)[C@@H](O)[C@@H]4OC(=O)c4ccccc4)O[C@H](COC(C)=O)[C@H]3OC(=O)C=Cc3ccc(O[C@H]4O[C@@H](C)[C@H](O)[C@@H](O)[C@H]4O)c(OC)c3)[C@H](O)[C@@H](O)[C@@H]2O)ccc1O. The monoisotopic (exact) mass is 1460 g/mol. The highest BCUT2D eigenvalue weighted by Gasteiger charge is 2.64. The number of phenolic OH excluding ortho intramolecular Hbond substituents is 2. The van der Waals surface area contributed by atoms with Gasteiger partial charge in [0.15, 0.2) is 54.1 Å². The van der Waals surface area contributed by atoms with Crippen LogP contribution in [0.15, 0.2) is 109 Å². The van der Waals surface area contributed by atoms with E-state index in [0.717, 1.165) is 31.2 Å². The zero-order chi connectivity index (χ0) is 74.6. The van der Waals surface area contributed by atoms with E-state index in [4.69, 9.17) is 75.8 Å². The summed E-state index contributed by atoms with van der Waals surface area (Å²) in [4.78, 5) is 68.8. The second-order valence-electron chi connectivity index (χ2n) is 24.1. The number of methoxy groups -OCH3 is 2. The molecule has 4 aromatic carbocycles. The van der Waals surface area contributed by atoms with E-state index in [0.29, 0.717) is 11.1 Å². The lowest BCUT2D eigenvalue weighted by Crippen LogP contribution is -2.69. The summed E-state index contributed by atoms with van der Waals surface area (Å²) in [5.41, 5.74) is 0.715. The van der Waals surface area contributed by atoms with Gasteiger partial charge in [0.05, 0.1) is 39.1 Å². The molecule has 103 heavy (non-hydrogen) atoms. The number of phenols is 2. The normalized spacial score (nSPS) is 33.8. The topological polar surface area (TPSA) is 516 Å². The molecule has 0 aliphatic carbocycles. The van der Waals surface area contributed by atoms with Crippen LogP contribution in [0.4, 0.5) is 0 Å². The number of hydrogen-bond donors (Lipinski definition) is 14. The molecule has 9 rings (SSSR count). The van der Waals surface area contributed by atoms with Crippen molar-refractivity contribution in [2.24, 2.45) is 0 Å². The van der Waals surface area contributed by atoms with Gasteiger partial charge in [0.2, 0.25) is 12.1 Å². The minimum absolute atomic E-state index is 0.0355. The summed E-state index contributed by atoms with van der Waals surface area (Å²) in [7, 11) is 2.53. The fraction of sp³-hybridized carbons (Fsp3) is 0.485. The molecule has 35 heteroatoms. The number of aliphatic hydroxyl groups is 12. The third-order valence-electron chi connectivity index (χ3n) is 17.0. The van der Waals surface area contributed by atoms with Crippen molar-refractivity contribution >= 4 is 48.1 Å². The van der Waals surface area contributed by atoms with Gasteiger partial charge in [-0.05, 0) is 90.4 Å². The Morgan fingerprint density at radius 3 is 1.65 bits per heavy atom. The quantitative estimate of drug-likeness (QED) is 0.0162. The molecule has 35 nitrogen and oxygen atoms in total. The predicted molar refractivity (Wildman–Crippen MR) is 341 cm³/mol. The molecule has 5 aliphatic heterocycles. The summed E-state index contributed by atoms with van der Waals surface area (Å²) < 4.78 is 94.8. The minimum Gasteiger partial charge on any atom is -0.508 e. The summed E-state index contributed by atoms with van der Waals surface area (Å²) >= 11 is 0. The van der Waals surface area contributed by atoms with Crippen LogP contribution in [0.25, 0.3) is 18.2 Å². The lowest BCUT2D eigenvalue weighted by molar-refractivity contribution is -0.421. The highest BCUT2D eigenvalue weighted by atomic mass is 16.8. The van der Waals surface area contributed by atoms with Crippen LogP contribution in [0.1, 0.15) is 40.9 Å². The van der Waals surface area contributed by atoms with Gasteiger partial charge in [-0.15, -0.1) is 0 Å². The van der Waals surface area contributed by atoms with Gasteiger partial charge in [-0.25, -0.2) is 19.2 Å². The van der Waals surface area contributed by atoms with E-state index in [1.54, 1.807) is 6.07 Å². The van der Waals surface area contributed by atoms with Crippen molar-refractivity contribution in [3.05, 3.63) is 131 Å². The number of ether oxygens (including phenoxy) is 16. The van der Waals surface area contributed by atoms with Crippen molar-refractivity contribution in [3.8, 4) is 28.7 Å². The molecule has 14 N–H and O–H groups in total. The molecule has 0 unspecified atom stereocenters. The van der Waals surface area contributed by atoms with Crippen LogP contribution in [0.2, 0.25) is 0 Å². The number of rotatable bonds is 27. The molecular formula is C68H80O35. The number of hydrogen-bond acceptors (Lipinski definition) is 35. The molecule has 0 saturated carbocycles. The molecule has 5 heterocycles. The van der Waals surface area contributed by atoms with Gasteiger partial charge in [-0.1, -0.05) is 42.5 Å². The second-order valence-corrected chi connectivity index (χ2v) is 24.1. The zero-order valence-electron chi connectivity index (χ0n) is 55.3. The van der Waals surface area contributed by atoms with Gasteiger partial charge in [-0.3, -0.25) is 4.79 Å². The van der Waals surface area contributed by atoms with Crippen molar-refractivity contribution in [1.29, 1.82) is 0 Å². The Morgan fingerprint density at radius 2 is 1.02 bits per heavy atom. The first-order valence-electron chi connectivity index (χ1n) is 32.0. The third-order valence-corrected chi connectivity index (χ3v) is 17.0. The van der Waals surface area contributed by atoms with Crippen LogP contribution in [0.5, 0.6) is 28.7 Å². The molecule has 0 spiro atoms. The average Bonchev–Trinajstić information content (AvgIpc) is 1.64. The molecule has 5 saturated heterocycles. The predicted octanol–water partition coefficient (Wildman–Crippen LogP) is -2.88. The van der Waals surface area contributed by atoms with Crippen LogP contribution in [0, 0.1) is 0 Å². The second kappa shape index (κ2) is 35.4. The van der Waals surface area contributed by atoms with Crippen molar-refractivity contribution in [2.75, 3.05) is 47.3 Å². The van der Waals surface area contributed by atoms with Gasteiger partial charge in [0.1, 0.15) is 123 Å². The van der Waals surface area contributed by atoms with E-state index in [1.165, 1.54) is 118 Å². The van der Waals surface area contributed by atoms with Crippen LogP contribution in [-0.2, 0) is 80.8 Å². The Labute approximate surface area is 585 Å². The fourth-order valence-electron chi connectivity index (χ4n) is 11.4.